The number of amides is 2. The Morgan fingerprint density at radius 2 is 1.76 bits per heavy atom. The molecule has 1 spiro atoms. The molecule has 2 saturated carbocycles. The Kier molecular flexibility index (Phi) is 3.59. The smallest absolute Gasteiger partial charge is 0.236 e. The predicted molar refractivity (Wildman–Crippen MR) is 84.5 cm³/mol. The molecule has 5 heteroatoms. The van der Waals surface area contributed by atoms with Crippen LogP contribution in [-0.4, -0.2) is 27.2 Å². The summed E-state index contributed by atoms with van der Waals surface area (Å²) in [5.41, 5.74) is 4.90. The van der Waals surface area contributed by atoms with Crippen molar-refractivity contribution in [1.82, 2.24) is 4.90 Å². The van der Waals surface area contributed by atoms with Gasteiger partial charge in [-0.2, -0.15) is 0 Å². The molecule has 0 aromatic carbocycles. The molecule has 3 fully saturated rings. The second-order valence-electron chi connectivity index (χ2n) is 7.28. The Bertz CT molecular complexity index is 489. The number of hydrogen-bond acceptors (Lipinski definition) is 3. The van der Waals surface area contributed by atoms with E-state index in [1.807, 2.05) is 0 Å². The van der Waals surface area contributed by atoms with Gasteiger partial charge in [0.05, 0.1) is 10.4 Å². The summed E-state index contributed by atoms with van der Waals surface area (Å²) >= 11 is 5.30. The van der Waals surface area contributed by atoms with Gasteiger partial charge in [-0.1, -0.05) is 32.0 Å². The highest BCUT2D eigenvalue weighted by Crippen LogP contribution is 2.50. The molecule has 1 saturated heterocycles. The molecule has 0 aromatic heterocycles. The van der Waals surface area contributed by atoms with E-state index in [0.717, 1.165) is 51.4 Å². The molecule has 0 unspecified atom stereocenters. The minimum atomic E-state index is -0.692. The molecule has 3 rings (SSSR count). The van der Waals surface area contributed by atoms with E-state index in [0.29, 0.717) is 17.3 Å². The maximum atomic E-state index is 13.0. The highest BCUT2D eigenvalue weighted by atomic mass is 32.1. The number of nitrogens with two attached hydrogens (primary N) is 1. The summed E-state index contributed by atoms with van der Waals surface area (Å²) in [4.78, 5) is 27.5. The number of nitrogens with zero attached hydrogens (tertiary/aromatic N) is 1. The Hall–Kier alpha value is -0.970. The lowest BCUT2D eigenvalue weighted by atomic mass is 9.75. The number of carbonyl (C=O) groups excluding carboxylic acids is 2. The van der Waals surface area contributed by atoms with Gasteiger partial charge in [0.1, 0.15) is 5.54 Å². The van der Waals surface area contributed by atoms with Crippen LogP contribution < -0.4 is 5.73 Å². The zero-order valence-corrected chi connectivity index (χ0v) is 13.5. The molecule has 116 valence electrons. The van der Waals surface area contributed by atoms with Gasteiger partial charge in [-0.3, -0.25) is 14.5 Å². The average Bonchev–Trinajstić information content (AvgIpc) is 2.99. The van der Waals surface area contributed by atoms with Crippen molar-refractivity contribution in [1.29, 1.82) is 0 Å². The summed E-state index contributed by atoms with van der Waals surface area (Å²) in [6, 6.07) is 0. The fourth-order valence-electron chi connectivity index (χ4n) is 4.49. The third kappa shape index (κ3) is 2.12. The van der Waals surface area contributed by atoms with Crippen LogP contribution in [0.25, 0.3) is 0 Å². The van der Waals surface area contributed by atoms with Crippen LogP contribution in [-0.2, 0) is 9.59 Å². The first kappa shape index (κ1) is 14.9. The molecule has 2 aliphatic carbocycles. The highest BCUT2D eigenvalue weighted by molar-refractivity contribution is 7.80. The molecule has 21 heavy (non-hydrogen) atoms. The van der Waals surface area contributed by atoms with Crippen LogP contribution in [0.1, 0.15) is 64.7 Å². The van der Waals surface area contributed by atoms with E-state index in [9.17, 15) is 9.59 Å². The van der Waals surface area contributed by atoms with Gasteiger partial charge >= 0.3 is 0 Å². The molecule has 0 aromatic rings. The van der Waals surface area contributed by atoms with Crippen molar-refractivity contribution in [2.45, 2.75) is 70.3 Å². The summed E-state index contributed by atoms with van der Waals surface area (Å²) < 4.78 is 0. The second kappa shape index (κ2) is 5.04. The maximum Gasteiger partial charge on any atom is 0.236 e. The largest absolute Gasteiger partial charge is 0.391 e. The topological polar surface area (TPSA) is 63.4 Å². The molecule has 2 N–H and O–H groups in total. The molecular weight excluding hydrogens is 284 g/mol. The Balaban J connectivity index is 1.95. The van der Waals surface area contributed by atoms with E-state index in [1.54, 1.807) is 0 Å². The molecule has 0 atom stereocenters. The van der Waals surface area contributed by atoms with Gasteiger partial charge in [0.15, 0.2) is 0 Å². The van der Waals surface area contributed by atoms with Gasteiger partial charge in [0.25, 0.3) is 0 Å². The minimum Gasteiger partial charge on any atom is -0.391 e. The standard InChI is InChI=1S/C16H24N2O2S/c1-11-4-8-16(9-5-11,13(17)21)18-12(19)10-15(14(18)20)6-2-3-7-15/h11H,2-10H2,1H3,(H2,17,21). The lowest BCUT2D eigenvalue weighted by molar-refractivity contribution is -0.147. The molecular formula is C16H24N2O2S. The van der Waals surface area contributed by atoms with E-state index in [2.05, 4.69) is 6.92 Å². The van der Waals surface area contributed by atoms with Crippen LogP contribution in [0, 0.1) is 11.3 Å². The fraction of sp³-hybridized carbons (Fsp3) is 0.812. The monoisotopic (exact) mass is 308 g/mol. The van der Waals surface area contributed by atoms with Crippen molar-refractivity contribution in [3.8, 4) is 0 Å². The zero-order chi connectivity index (χ0) is 15.3. The summed E-state index contributed by atoms with van der Waals surface area (Å²) in [5, 5.41) is 0. The van der Waals surface area contributed by atoms with E-state index in [-0.39, 0.29) is 11.8 Å². The summed E-state index contributed by atoms with van der Waals surface area (Å²) in [5.74, 6) is 0.567. The Labute approximate surface area is 131 Å². The van der Waals surface area contributed by atoms with E-state index < -0.39 is 11.0 Å². The van der Waals surface area contributed by atoms with Crippen molar-refractivity contribution in [3.05, 3.63) is 0 Å². The highest BCUT2D eigenvalue weighted by Gasteiger charge is 2.59. The van der Waals surface area contributed by atoms with E-state index in [4.69, 9.17) is 18.0 Å². The second-order valence-corrected chi connectivity index (χ2v) is 7.72. The summed E-state index contributed by atoms with van der Waals surface area (Å²) in [6.45, 7) is 2.20. The molecule has 0 bridgehead atoms. The van der Waals surface area contributed by atoms with Gasteiger partial charge in [-0.25, -0.2) is 0 Å². The number of hydrogen-bond donors (Lipinski definition) is 1. The van der Waals surface area contributed by atoms with Crippen LogP contribution in [0.15, 0.2) is 0 Å². The maximum absolute atomic E-state index is 13.0. The van der Waals surface area contributed by atoms with Crippen LogP contribution in [0.3, 0.4) is 0 Å². The third-order valence-corrected chi connectivity index (χ3v) is 6.32. The third-order valence-electron chi connectivity index (χ3n) is 5.94. The van der Waals surface area contributed by atoms with Crippen molar-refractivity contribution in [3.63, 3.8) is 0 Å². The van der Waals surface area contributed by atoms with Gasteiger partial charge < -0.3 is 5.73 Å². The Morgan fingerprint density at radius 3 is 2.29 bits per heavy atom. The first-order valence-corrected chi connectivity index (χ1v) is 8.50. The van der Waals surface area contributed by atoms with Crippen LogP contribution in [0.5, 0.6) is 0 Å². The fourth-order valence-corrected chi connectivity index (χ4v) is 4.79. The summed E-state index contributed by atoms with van der Waals surface area (Å²) in [7, 11) is 0. The molecule has 1 heterocycles. The van der Waals surface area contributed by atoms with Crippen molar-refractivity contribution in [2.24, 2.45) is 17.1 Å². The molecule has 1 aliphatic heterocycles. The predicted octanol–water partition coefficient (Wildman–Crippen LogP) is 2.54. The van der Waals surface area contributed by atoms with Gasteiger partial charge in [0.2, 0.25) is 11.8 Å². The van der Waals surface area contributed by atoms with Gasteiger partial charge in [-0.15, -0.1) is 0 Å². The SMILES string of the molecule is CC1CCC(C(N)=S)(N2C(=O)CC3(CCCC3)C2=O)CC1. The van der Waals surface area contributed by atoms with Crippen molar-refractivity contribution < 1.29 is 9.59 Å². The van der Waals surface area contributed by atoms with Crippen LogP contribution in [0.4, 0.5) is 0 Å². The first-order chi connectivity index (χ1) is 9.91. The number of rotatable bonds is 2. The normalized spacial score (nSPS) is 35.7. The quantitative estimate of drug-likeness (QED) is 0.629. The van der Waals surface area contributed by atoms with E-state index in [1.165, 1.54) is 4.90 Å². The number of carbonyl (C=O) groups is 2. The van der Waals surface area contributed by atoms with Crippen LogP contribution >= 0.6 is 12.2 Å². The van der Waals surface area contributed by atoms with Gasteiger partial charge in [0, 0.05) is 6.42 Å². The number of imide groups is 1. The number of thiocarbonyl (C=S) groups is 1. The minimum absolute atomic E-state index is 0.00681. The summed E-state index contributed by atoms with van der Waals surface area (Å²) in [6.07, 6.45) is 7.56. The molecule has 2 amide bonds. The first-order valence-electron chi connectivity index (χ1n) is 8.09. The molecule has 3 aliphatic rings. The van der Waals surface area contributed by atoms with E-state index >= 15 is 0 Å². The van der Waals surface area contributed by atoms with Gasteiger partial charge in [-0.05, 0) is 44.4 Å². The Morgan fingerprint density at radius 1 is 1.19 bits per heavy atom. The molecule has 4 nitrogen and oxygen atoms in total. The lowest BCUT2D eigenvalue weighted by Gasteiger charge is -2.44. The molecule has 0 radical (unpaired) electrons. The number of likely N-dealkylation sites (tertiary alicyclic amines) is 1. The van der Waals surface area contributed by atoms with Crippen molar-refractivity contribution in [2.75, 3.05) is 0 Å². The lowest BCUT2D eigenvalue weighted by Crippen LogP contribution is -2.61. The van der Waals surface area contributed by atoms with Crippen LogP contribution in [0.2, 0.25) is 0 Å². The van der Waals surface area contributed by atoms with Crippen molar-refractivity contribution >= 4 is 29.0 Å². The zero-order valence-electron chi connectivity index (χ0n) is 12.7. The average molecular weight is 308 g/mol.